The van der Waals surface area contributed by atoms with Crippen LogP contribution in [0.2, 0.25) is 0 Å². The van der Waals surface area contributed by atoms with Gasteiger partial charge >= 0.3 is 0 Å². The number of nitrogens with zero attached hydrogens (tertiary/aromatic N) is 1. The summed E-state index contributed by atoms with van der Waals surface area (Å²) in [5.74, 6) is -0.923. The van der Waals surface area contributed by atoms with Gasteiger partial charge in [-0.05, 0) is 18.6 Å². The first-order valence-corrected chi connectivity index (χ1v) is 7.65. The predicted octanol–water partition coefficient (Wildman–Crippen LogP) is 3.53. The first-order chi connectivity index (χ1) is 10.2. The standard InChI is InChI=1S/C16H24F2N2O.ClH/c1-3-4-5-13(20-10-8-19-9-11-20)15-12(17)6-7-14(21-2)16(15)18;/h6-7,13,19H,3-5,8-11H2,1-2H3;1H/t13-;/m1./s1. The number of hydrogen-bond donors (Lipinski definition) is 1. The molecule has 126 valence electrons. The van der Waals surface area contributed by atoms with E-state index in [0.29, 0.717) is 0 Å². The fourth-order valence-corrected chi connectivity index (χ4v) is 2.91. The van der Waals surface area contributed by atoms with E-state index in [1.54, 1.807) is 0 Å². The molecule has 1 saturated heterocycles. The van der Waals surface area contributed by atoms with Crippen LogP contribution in [0, 0.1) is 11.6 Å². The third-order valence-electron chi connectivity index (χ3n) is 4.07. The minimum absolute atomic E-state index is 0. The minimum Gasteiger partial charge on any atom is -0.494 e. The minimum atomic E-state index is -0.558. The molecule has 1 aliphatic rings. The summed E-state index contributed by atoms with van der Waals surface area (Å²) in [6.45, 7) is 5.42. The third kappa shape index (κ3) is 4.31. The summed E-state index contributed by atoms with van der Waals surface area (Å²) in [5, 5.41) is 3.28. The molecule has 0 aromatic heterocycles. The summed E-state index contributed by atoms with van der Waals surface area (Å²) in [4.78, 5) is 2.17. The highest BCUT2D eigenvalue weighted by Crippen LogP contribution is 2.34. The van der Waals surface area contributed by atoms with Gasteiger partial charge in [0.25, 0.3) is 0 Å². The van der Waals surface area contributed by atoms with Gasteiger partial charge in [-0.15, -0.1) is 12.4 Å². The average molecular weight is 335 g/mol. The molecule has 6 heteroatoms. The van der Waals surface area contributed by atoms with Crippen molar-refractivity contribution in [3.05, 3.63) is 29.3 Å². The van der Waals surface area contributed by atoms with Gasteiger partial charge in [0.15, 0.2) is 11.6 Å². The first kappa shape index (κ1) is 19.1. The Hall–Kier alpha value is -0.910. The van der Waals surface area contributed by atoms with Crippen LogP contribution >= 0.6 is 12.4 Å². The van der Waals surface area contributed by atoms with Crippen LogP contribution in [0.15, 0.2) is 12.1 Å². The van der Waals surface area contributed by atoms with Gasteiger partial charge in [-0.2, -0.15) is 0 Å². The fourth-order valence-electron chi connectivity index (χ4n) is 2.91. The van der Waals surface area contributed by atoms with E-state index in [2.05, 4.69) is 17.1 Å². The quantitative estimate of drug-likeness (QED) is 0.861. The molecule has 0 aliphatic carbocycles. The molecule has 3 nitrogen and oxygen atoms in total. The molecule has 1 aromatic carbocycles. The number of benzene rings is 1. The third-order valence-corrected chi connectivity index (χ3v) is 4.07. The summed E-state index contributed by atoms with van der Waals surface area (Å²) >= 11 is 0. The predicted molar refractivity (Wildman–Crippen MR) is 86.9 cm³/mol. The molecular formula is C16H25ClF2N2O. The summed E-state index contributed by atoms with van der Waals surface area (Å²) in [6.07, 6.45) is 2.72. The Bertz CT molecular complexity index is 468. The highest BCUT2D eigenvalue weighted by Gasteiger charge is 2.28. The maximum atomic E-state index is 14.6. The van der Waals surface area contributed by atoms with Crippen molar-refractivity contribution in [2.45, 2.75) is 32.2 Å². The van der Waals surface area contributed by atoms with E-state index in [4.69, 9.17) is 4.74 Å². The second kappa shape index (κ2) is 9.28. The second-order valence-electron chi connectivity index (χ2n) is 5.42. The molecule has 1 heterocycles. The Kier molecular flexibility index (Phi) is 8.07. The van der Waals surface area contributed by atoms with Crippen LogP contribution < -0.4 is 10.1 Å². The number of ether oxygens (including phenoxy) is 1. The molecule has 0 amide bonds. The lowest BCUT2D eigenvalue weighted by Gasteiger charge is -2.35. The van der Waals surface area contributed by atoms with Crippen molar-refractivity contribution in [1.29, 1.82) is 0 Å². The molecule has 0 unspecified atom stereocenters. The van der Waals surface area contributed by atoms with E-state index in [1.807, 2.05) is 0 Å². The summed E-state index contributed by atoms with van der Waals surface area (Å²) < 4.78 is 33.8. The number of piperazine rings is 1. The van der Waals surface area contributed by atoms with E-state index in [-0.39, 0.29) is 29.8 Å². The van der Waals surface area contributed by atoms with Crippen LogP contribution in [0.5, 0.6) is 5.75 Å². The zero-order chi connectivity index (χ0) is 15.2. The normalized spacial score (nSPS) is 16.9. The Labute approximate surface area is 137 Å². The van der Waals surface area contributed by atoms with Gasteiger partial charge in [0, 0.05) is 37.8 Å². The van der Waals surface area contributed by atoms with Crippen molar-refractivity contribution in [2.75, 3.05) is 33.3 Å². The topological polar surface area (TPSA) is 24.5 Å². The zero-order valence-electron chi connectivity index (χ0n) is 13.2. The first-order valence-electron chi connectivity index (χ1n) is 7.65. The molecule has 1 aromatic rings. The van der Waals surface area contributed by atoms with Crippen molar-refractivity contribution < 1.29 is 13.5 Å². The summed E-state index contributed by atoms with van der Waals surface area (Å²) in [7, 11) is 1.41. The SMILES string of the molecule is CCCC[C@H](c1c(F)ccc(OC)c1F)N1CCNCC1.Cl. The van der Waals surface area contributed by atoms with Crippen LogP contribution in [-0.2, 0) is 0 Å². The molecule has 1 N–H and O–H groups in total. The number of rotatable bonds is 6. The Morgan fingerprint density at radius 2 is 1.95 bits per heavy atom. The van der Waals surface area contributed by atoms with Crippen LogP contribution in [0.4, 0.5) is 8.78 Å². The van der Waals surface area contributed by atoms with Crippen molar-refractivity contribution >= 4 is 12.4 Å². The maximum absolute atomic E-state index is 14.6. The lowest BCUT2D eigenvalue weighted by Crippen LogP contribution is -2.45. The van der Waals surface area contributed by atoms with Crippen LogP contribution in [0.1, 0.15) is 37.8 Å². The number of unbranched alkanes of at least 4 members (excludes halogenated alkanes) is 1. The fraction of sp³-hybridized carbons (Fsp3) is 0.625. The lowest BCUT2D eigenvalue weighted by atomic mass is 9.97. The molecule has 1 aliphatic heterocycles. The molecule has 0 bridgehead atoms. The van der Waals surface area contributed by atoms with Crippen LogP contribution in [-0.4, -0.2) is 38.2 Å². The van der Waals surface area contributed by atoms with Crippen LogP contribution in [0.25, 0.3) is 0 Å². The Morgan fingerprint density at radius 3 is 2.55 bits per heavy atom. The highest BCUT2D eigenvalue weighted by molar-refractivity contribution is 5.85. The molecule has 0 radical (unpaired) electrons. The van der Waals surface area contributed by atoms with Crippen molar-refractivity contribution in [2.24, 2.45) is 0 Å². The average Bonchev–Trinajstić information content (AvgIpc) is 2.51. The van der Waals surface area contributed by atoms with Gasteiger partial charge in [0.1, 0.15) is 5.82 Å². The van der Waals surface area contributed by atoms with E-state index >= 15 is 0 Å². The van der Waals surface area contributed by atoms with Gasteiger partial charge in [-0.1, -0.05) is 19.8 Å². The van der Waals surface area contributed by atoms with Gasteiger partial charge in [-0.25, -0.2) is 8.78 Å². The van der Waals surface area contributed by atoms with Crippen LogP contribution in [0.3, 0.4) is 0 Å². The maximum Gasteiger partial charge on any atom is 0.172 e. The second-order valence-corrected chi connectivity index (χ2v) is 5.42. The molecule has 0 saturated carbocycles. The largest absolute Gasteiger partial charge is 0.494 e. The highest BCUT2D eigenvalue weighted by atomic mass is 35.5. The van der Waals surface area contributed by atoms with E-state index in [0.717, 1.165) is 45.4 Å². The Balaban J connectivity index is 0.00000242. The Morgan fingerprint density at radius 1 is 1.27 bits per heavy atom. The smallest absolute Gasteiger partial charge is 0.172 e. The van der Waals surface area contributed by atoms with E-state index in [9.17, 15) is 8.78 Å². The molecule has 0 spiro atoms. The number of hydrogen-bond acceptors (Lipinski definition) is 3. The molecule has 1 fully saturated rings. The number of methoxy groups -OCH3 is 1. The number of halogens is 3. The van der Waals surface area contributed by atoms with E-state index < -0.39 is 11.6 Å². The summed E-state index contributed by atoms with van der Waals surface area (Å²) in [5.41, 5.74) is 0.157. The monoisotopic (exact) mass is 334 g/mol. The number of nitrogens with one attached hydrogen (secondary N) is 1. The van der Waals surface area contributed by atoms with Crippen molar-refractivity contribution in [1.82, 2.24) is 10.2 Å². The summed E-state index contributed by atoms with van der Waals surface area (Å²) in [6, 6.07) is 2.43. The molecule has 1 atom stereocenters. The molecule has 22 heavy (non-hydrogen) atoms. The zero-order valence-corrected chi connectivity index (χ0v) is 14.0. The molecular weight excluding hydrogens is 310 g/mol. The van der Waals surface area contributed by atoms with Gasteiger partial charge in [-0.3, -0.25) is 4.90 Å². The van der Waals surface area contributed by atoms with Gasteiger partial charge < -0.3 is 10.1 Å². The molecule has 2 rings (SSSR count). The van der Waals surface area contributed by atoms with Crippen molar-refractivity contribution in [3.63, 3.8) is 0 Å². The van der Waals surface area contributed by atoms with Crippen molar-refractivity contribution in [3.8, 4) is 5.75 Å². The van der Waals surface area contributed by atoms with E-state index in [1.165, 1.54) is 19.2 Å². The van der Waals surface area contributed by atoms with Gasteiger partial charge in [0.2, 0.25) is 0 Å². The lowest BCUT2D eigenvalue weighted by molar-refractivity contribution is 0.156. The van der Waals surface area contributed by atoms with Gasteiger partial charge in [0.05, 0.1) is 7.11 Å².